The van der Waals surface area contributed by atoms with Crippen molar-refractivity contribution in [3.05, 3.63) is 0 Å². The monoisotopic (exact) mass is 184 g/mol. The van der Waals surface area contributed by atoms with Crippen LogP contribution in [0.4, 0.5) is 0 Å². The van der Waals surface area contributed by atoms with Gasteiger partial charge in [0.1, 0.15) is 5.54 Å². The minimum Gasteiger partial charge on any atom is -0.468 e. The van der Waals surface area contributed by atoms with E-state index in [9.17, 15) is 4.79 Å². The van der Waals surface area contributed by atoms with Gasteiger partial charge in [0.25, 0.3) is 0 Å². The van der Waals surface area contributed by atoms with Gasteiger partial charge < -0.3 is 4.74 Å². The topological polar surface area (TPSA) is 41.6 Å². The van der Waals surface area contributed by atoms with Gasteiger partial charge in [-0.25, -0.2) is 0 Å². The van der Waals surface area contributed by atoms with Crippen LogP contribution >= 0.6 is 0 Å². The number of piperazine rings is 1. The molecule has 4 heteroatoms. The Kier molecular flexibility index (Phi) is 2.04. The molecule has 2 bridgehead atoms. The van der Waals surface area contributed by atoms with Crippen LogP contribution in [0, 0.1) is 0 Å². The summed E-state index contributed by atoms with van der Waals surface area (Å²) in [5.74, 6) is -0.113. The maximum absolute atomic E-state index is 11.6. The van der Waals surface area contributed by atoms with Gasteiger partial charge in [-0.15, -0.1) is 0 Å². The van der Waals surface area contributed by atoms with E-state index in [1.165, 1.54) is 7.11 Å². The summed E-state index contributed by atoms with van der Waals surface area (Å²) in [6.45, 7) is 1.69. The number of hydrogen-bond acceptors (Lipinski definition) is 4. The molecule has 0 radical (unpaired) electrons. The lowest BCUT2D eigenvalue weighted by atomic mass is 9.81. The van der Waals surface area contributed by atoms with E-state index in [-0.39, 0.29) is 5.97 Å². The first-order valence-corrected chi connectivity index (χ1v) is 4.72. The number of rotatable bonds is 1. The van der Waals surface area contributed by atoms with Gasteiger partial charge in [0, 0.05) is 19.1 Å². The molecule has 2 unspecified atom stereocenters. The first kappa shape index (κ1) is 8.97. The van der Waals surface area contributed by atoms with Crippen LogP contribution in [0.3, 0.4) is 0 Å². The fourth-order valence-electron chi connectivity index (χ4n) is 2.42. The Morgan fingerprint density at radius 3 is 2.92 bits per heavy atom. The normalized spacial score (nSPS) is 39.1. The first-order chi connectivity index (χ1) is 6.18. The third-order valence-electron chi connectivity index (χ3n) is 3.30. The highest BCUT2D eigenvalue weighted by atomic mass is 16.5. The van der Waals surface area contributed by atoms with Gasteiger partial charge in [-0.1, -0.05) is 0 Å². The third kappa shape index (κ3) is 1.25. The number of fused-ring (bicyclic) bond motifs is 3. The minimum absolute atomic E-state index is 0.113. The molecule has 4 nitrogen and oxygen atoms in total. The predicted octanol–water partition coefficient (Wildman–Crippen LogP) is -0.404. The van der Waals surface area contributed by atoms with Gasteiger partial charge in [-0.3, -0.25) is 15.0 Å². The minimum atomic E-state index is -0.418. The number of carbonyl (C=O) groups excluding carboxylic acids is 1. The van der Waals surface area contributed by atoms with Crippen LogP contribution in [0.25, 0.3) is 0 Å². The average Bonchev–Trinajstić information content (AvgIpc) is 2.18. The van der Waals surface area contributed by atoms with Crippen molar-refractivity contribution in [1.29, 1.82) is 0 Å². The zero-order valence-corrected chi connectivity index (χ0v) is 8.17. The zero-order chi connectivity index (χ0) is 9.47. The van der Waals surface area contributed by atoms with Crippen molar-refractivity contribution in [3.63, 3.8) is 0 Å². The van der Waals surface area contributed by atoms with E-state index in [0.717, 1.165) is 25.9 Å². The maximum atomic E-state index is 11.6. The smallest absolute Gasteiger partial charge is 0.327 e. The molecule has 3 aliphatic rings. The fraction of sp³-hybridized carbons (Fsp3) is 0.889. The Bertz CT molecular complexity index is 222. The largest absolute Gasteiger partial charge is 0.468 e. The highest BCUT2D eigenvalue weighted by Crippen LogP contribution is 2.30. The number of carbonyl (C=O) groups is 1. The van der Waals surface area contributed by atoms with Crippen LogP contribution in [-0.2, 0) is 9.53 Å². The SMILES string of the molecule is COC(=O)C12CCC(CN1)N(C)C2. The van der Waals surface area contributed by atoms with Crippen LogP contribution in [0.1, 0.15) is 12.8 Å². The van der Waals surface area contributed by atoms with Crippen molar-refractivity contribution in [2.75, 3.05) is 27.2 Å². The van der Waals surface area contributed by atoms with Crippen molar-refractivity contribution < 1.29 is 9.53 Å². The van der Waals surface area contributed by atoms with E-state index in [1.807, 2.05) is 0 Å². The van der Waals surface area contributed by atoms with Crippen LogP contribution in [0.2, 0.25) is 0 Å². The Morgan fingerprint density at radius 2 is 2.46 bits per heavy atom. The van der Waals surface area contributed by atoms with Crippen LogP contribution < -0.4 is 5.32 Å². The quantitative estimate of drug-likeness (QED) is 0.563. The van der Waals surface area contributed by atoms with Crippen molar-refractivity contribution in [2.45, 2.75) is 24.4 Å². The second-order valence-electron chi connectivity index (χ2n) is 4.06. The highest BCUT2D eigenvalue weighted by molar-refractivity contribution is 5.81. The zero-order valence-electron chi connectivity index (χ0n) is 8.17. The van der Waals surface area contributed by atoms with Gasteiger partial charge in [0.05, 0.1) is 7.11 Å². The van der Waals surface area contributed by atoms with Crippen molar-refractivity contribution in [3.8, 4) is 0 Å². The van der Waals surface area contributed by atoms with Crippen molar-refractivity contribution in [2.24, 2.45) is 0 Å². The molecule has 0 amide bonds. The summed E-state index contributed by atoms with van der Waals surface area (Å²) in [6, 6.07) is 0.603. The van der Waals surface area contributed by atoms with Gasteiger partial charge in [-0.05, 0) is 19.9 Å². The molecule has 1 N–H and O–H groups in total. The second-order valence-corrected chi connectivity index (χ2v) is 4.06. The molecule has 3 aliphatic heterocycles. The molecule has 3 saturated heterocycles. The van der Waals surface area contributed by atoms with Gasteiger partial charge in [0.2, 0.25) is 0 Å². The van der Waals surface area contributed by atoms with Crippen LogP contribution in [-0.4, -0.2) is 49.7 Å². The summed E-state index contributed by atoms with van der Waals surface area (Å²) >= 11 is 0. The van der Waals surface area contributed by atoms with E-state index >= 15 is 0 Å². The Hall–Kier alpha value is -0.610. The van der Waals surface area contributed by atoms with Crippen molar-refractivity contribution >= 4 is 5.97 Å². The van der Waals surface area contributed by atoms with Crippen LogP contribution in [0.5, 0.6) is 0 Å². The van der Waals surface area contributed by atoms with E-state index in [1.54, 1.807) is 0 Å². The Balaban J connectivity index is 2.17. The molecular formula is C9H16N2O2. The summed E-state index contributed by atoms with van der Waals surface area (Å²) in [4.78, 5) is 13.8. The number of methoxy groups -OCH3 is 1. The summed E-state index contributed by atoms with van der Waals surface area (Å²) in [5.41, 5.74) is -0.418. The van der Waals surface area contributed by atoms with Crippen molar-refractivity contribution in [1.82, 2.24) is 10.2 Å². The highest BCUT2D eigenvalue weighted by Gasteiger charge is 2.49. The molecule has 3 fully saturated rings. The van der Waals surface area contributed by atoms with E-state index in [0.29, 0.717) is 6.04 Å². The van der Waals surface area contributed by atoms with E-state index in [2.05, 4.69) is 17.3 Å². The lowest BCUT2D eigenvalue weighted by Crippen LogP contribution is -2.71. The fourth-order valence-corrected chi connectivity index (χ4v) is 2.42. The molecule has 3 rings (SSSR count). The molecule has 2 atom stereocenters. The van der Waals surface area contributed by atoms with Crippen LogP contribution in [0.15, 0.2) is 0 Å². The lowest BCUT2D eigenvalue weighted by molar-refractivity contribution is -0.154. The number of likely N-dealkylation sites (N-methyl/N-ethyl adjacent to an activating group) is 1. The van der Waals surface area contributed by atoms with Gasteiger partial charge in [-0.2, -0.15) is 0 Å². The number of ether oxygens (including phenoxy) is 1. The number of esters is 1. The molecule has 0 saturated carbocycles. The number of piperidine rings is 2. The number of nitrogens with one attached hydrogen (secondary N) is 1. The van der Waals surface area contributed by atoms with E-state index in [4.69, 9.17) is 4.74 Å². The molecule has 13 heavy (non-hydrogen) atoms. The standard InChI is InChI=1S/C9H16N2O2/c1-11-6-9(8(12)13-2)4-3-7(11)5-10-9/h7,10H,3-6H2,1-2H3. The number of hydrogen-bond donors (Lipinski definition) is 1. The first-order valence-electron chi connectivity index (χ1n) is 4.72. The molecule has 0 aliphatic carbocycles. The summed E-state index contributed by atoms with van der Waals surface area (Å²) in [5, 5.41) is 3.30. The summed E-state index contributed by atoms with van der Waals surface area (Å²) in [7, 11) is 3.53. The van der Waals surface area contributed by atoms with Gasteiger partial charge in [0.15, 0.2) is 0 Å². The lowest BCUT2D eigenvalue weighted by Gasteiger charge is -2.50. The van der Waals surface area contributed by atoms with Gasteiger partial charge >= 0.3 is 5.97 Å². The number of nitrogens with zero attached hydrogens (tertiary/aromatic N) is 1. The summed E-state index contributed by atoms with van der Waals surface area (Å²) in [6.07, 6.45) is 2.01. The average molecular weight is 184 g/mol. The third-order valence-corrected chi connectivity index (χ3v) is 3.30. The maximum Gasteiger partial charge on any atom is 0.327 e. The molecule has 0 aromatic heterocycles. The Labute approximate surface area is 78.2 Å². The molecule has 74 valence electrons. The molecular weight excluding hydrogens is 168 g/mol. The molecule has 0 aromatic carbocycles. The summed E-state index contributed by atoms with van der Waals surface area (Å²) < 4.78 is 4.83. The molecule has 0 spiro atoms. The second kappa shape index (κ2) is 2.96. The van der Waals surface area contributed by atoms with E-state index < -0.39 is 5.54 Å². The predicted molar refractivity (Wildman–Crippen MR) is 48.4 cm³/mol. The Morgan fingerprint density at radius 1 is 1.69 bits per heavy atom. The molecule has 3 heterocycles. The molecule has 0 aromatic rings.